The first-order chi connectivity index (χ1) is 16.3. The van der Waals surface area contributed by atoms with E-state index in [4.69, 9.17) is 0 Å². The summed E-state index contributed by atoms with van der Waals surface area (Å²) in [6.45, 7) is 2.12. The number of benzene rings is 1. The number of nitrogens with zero attached hydrogens (tertiary/aromatic N) is 2. The van der Waals surface area contributed by atoms with Crippen molar-refractivity contribution in [3.8, 4) is 0 Å². The maximum Gasteiger partial charge on any atom is 0.433 e. The summed E-state index contributed by atoms with van der Waals surface area (Å²) in [4.78, 5) is 30.7. The van der Waals surface area contributed by atoms with Gasteiger partial charge in [-0.05, 0) is 55.6 Å². The molecule has 2 fully saturated rings. The second-order valence-electron chi connectivity index (χ2n) is 9.12. The number of pyridine rings is 1. The van der Waals surface area contributed by atoms with Gasteiger partial charge in [-0.25, -0.2) is 4.98 Å². The summed E-state index contributed by atoms with van der Waals surface area (Å²) in [5.74, 6) is -0.579. The van der Waals surface area contributed by atoms with Crippen molar-refractivity contribution >= 4 is 17.5 Å². The van der Waals surface area contributed by atoms with Crippen LogP contribution in [-0.2, 0) is 17.5 Å². The number of rotatable bonds is 6. The molecule has 1 aliphatic heterocycles. The highest BCUT2D eigenvalue weighted by atomic mass is 19.4. The highest BCUT2D eigenvalue weighted by Gasteiger charge is 2.33. The topological polar surface area (TPSA) is 74.3 Å². The number of nitrogens with one attached hydrogen (secondary N) is 2. The van der Waals surface area contributed by atoms with Gasteiger partial charge in [0.15, 0.2) is 0 Å². The lowest BCUT2D eigenvalue weighted by molar-refractivity contribution is -0.141. The van der Waals surface area contributed by atoms with Crippen molar-refractivity contribution in [1.29, 1.82) is 0 Å². The molecule has 4 rings (SSSR count). The van der Waals surface area contributed by atoms with Gasteiger partial charge in [0.05, 0.1) is 5.92 Å². The van der Waals surface area contributed by atoms with E-state index >= 15 is 0 Å². The van der Waals surface area contributed by atoms with E-state index in [2.05, 4.69) is 20.5 Å². The molecule has 2 aromatic rings. The van der Waals surface area contributed by atoms with Crippen LogP contribution in [0.15, 0.2) is 42.5 Å². The first kappa shape index (κ1) is 24.2. The molecule has 1 saturated carbocycles. The zero-order valence-corrected chi connectivity index (χ0v) is 18.9. The van der Waals surface area contributed by atoms with Crippen LogP contribution in [0.5, 0.6) is 0 Å². The number of carbonyl (C=O) groups excluding carboxylic acids is 2. The lowest BCUT2D eigenvalue weighted by Gasteiger charge is -2.24. The third-order valence-corrected chi connectivity index (χ3v) is 6.46. The second kappa shape index (κ2) is 10.5. The van der Waals surface area contributed by atoms with Gasteiger partial charge in [-0.15, -0.1) is 0 Å². The van der Waals surface area contributed by atoms with E-state index in [9.17, 15) is 22.8 Å². The molecule has 2 aliphatic rings. The third kappa shape index (κ3) is 6.34. The summed E-state index contributed by atoms with van der Waals surface area (Å²) < 4.78 is 38.6. The molecular weight excluding hydrogens is 445 g/mol. The van der Waals surface area contributed by atoms with Crippen LogP contribution in [0.4, 0.5) is 18.9 Å². The minimum atomic E-state index is -4.61. The molecule has 1 aromatic carbocycles. The predicted molar refractivity (Wildman–Crippen MR) is 122 cm³/mol. The molecule has 182 valence electrons. The summed E-state index contributed by atoms with van der Waals surface area (Å²) in [5, 5.41) is 5.84. The van der Waals surface area contributed by atoms with Crippen molar-refractivity contribution in [3.05, 3.63) is 59.4 Å². The molecule has 1 atom stereocenters. The fourth-order valence-electron chi connectivity index (χ4n) is 4.68. The Hall–Kier alpha value is -2.94. The standard InChI is InChI=1S/C25H29F3N4O2/c26-25(27,28)22-11-5-10-21(31-22)24(34)30-20-9-4-6-17(14-20)15-32-13-12-18(16-32)23(33)29-19-7-2-1-3-8-19/h4-6,9-11,14,18-19H,1-3,7-8,12-13,15-16H2,(H,29,33)(H,30,34). The van der Waals surface area contributed by atoms with E-state index in [1.54, 1.807) is 18.2 Å². The summed E-state index contributed by atoms with van der Waals surface area (Å²) in [7, 11) is 0. The van der Waals surface area contributed by atoms with Crippen LogP contribution in [0.2, 0.25) is 0 Å². The maximum atomic E-state index is 12.9. The number of anilines is 1. The van der Waals surface area contributed by atoms with Crippen molar-refractivity contribution < 1.29 is 22.8 Å². The average Bonchev–Trinajstić information content (AvgIpc) is 3.28. The number of hydrogen-bond acceptors (Lipinski definition) is 4. The quantitative estimate of drug-likeness (QED) is 0.641. The Morgan fingerprint density at radius 1 is 1.03 bits per heavy atom. The van der Waals surface area contributed by atoms with Gasteiger partial charge in [-0.2, -0.15) is 13.2 Å². The lowest BCUT2D eigenvalue weighted by Crippen LogP contribution is -2.40. The Balaban J connectivity index is 1.31. The highest BCUT2D eigenvalue weighted by Crippen LogP contribution is 2.27. The zero-order chi connectivity index (χ0) is 24.1. The van der Waals surface area contributed by atoms with Gasteiger partial charge < -0.3 is 10.6 Å². The van der Waals surface area contributed by atoms with E-state index in [0.717, 1.165) is 43.5 Å². The van der Waals surface area contributed by atoms with Crippen LogP contribution in [0.3, 0.4) is 0 Å². The molecule has 1 aromatic heterocycles. The molecule has 1 saturated heterocycles. The Morgan fingerprint density at radius 2 is 1.79 bits per heavy atom. The van der Waals surface area contributed by atoms with E-state index < -0.39 is 17.8 Å². The number of alkyl halides is 3. The fourth-order valence-corrected chi connectivity index (χ4v) is 4.68. The molecular formula is C25H29F3N4O2. The normalized spacial score (nSPS) is 19.7. The highest BCUT2D eigenvalue weighted by molar-refractivity contribution is 6.02. The smallest absolute Gasteiger partial charge is 0.353 e. The van der Waals surface area contributed by atoms with Gasteiger partial charge in [0.1, 0.15) is 11.4 Å². The zero-order valence-electron chi connectivity index (χ0n) is 18.9. The van der Waals surface area contributed by atoms with Gasteiger partial charge in [0.2, 0.25) is 5.91 Å². The monoisotopic (exact) mass is 474 g/mol. The Labute approximate surface area is 196 Å². The van der Waals surface area contributed by atoms with Crippen LogP contribution < -0.4 is 10.6 Å². The molecule has 2 amide bonds. The van der Waals surface area contributed by atoms with Gasteiger partial charge >= 0.3 is 6.18 Å². The minimum absolute atomic E-state index is 0.0169. The van der Waals surface area contributed by atoms with E-state index in [0.29, 0.717) is 24.8 Å². The molecule has 2 N–H and O–H groups in total. The number of carbonyl (C=O) groups is 2. The Bertz CT molecular complexity index is 1020. The van der Waals surface area contributed by atoms with Gasteiger partial charge in [0.25, 0.3) is 5.91 Å². The van der Waals surface area contributed by atoms with Crippen LogP contribution in [-0.4, -0.2) is 40.8 Å². The lowest BCUT2D eigenvalue weighted by atomic mass is 9.95. The summed E-state index contributed by atoms with van der Waals surface area (Å²) in [5.41, 5.74) is 0.0206. The predicted octanol–water partition coefficient (Wildman–Crippen LogP) is 4.62. The third-order valence-electron chi connectivity index (χ3n) is 6.46. The van der Waals surface area contributed by atoms with Crippen molar-refractivity contribution in [3.63, 3.8) is 0 Å². The van der Waals surface area contributed by atoms with E-state index in [-0.39, 0.29) is 17.5 Å². The van der Waals surface area contributed by atoms with E-state index in [1.807, 2.05) is 6.07 Å². The molecule has 1 aliphatic carbocycles. The largest absolute Gasteiger partial charge is 0.433 e. The Morgan fingerprint density at radius 3 is 2.56 bits per heavy atom. The molecule has 9 heteroatoms. The Kier molecular flexibility index (Phi) is 7.50. The average molecular weight is 475 g/mol. The molecule has 0 radical (unpaired) electrons. The number of likely N-dealkylation sites (tertiary alicyclic amines) is 1. The van der Waals surface area contributed by atoms with Crippen molar-refractivity contribution in [2.45, 2.75) is 57.3 Å². The molecule has 34 heavy (non-hydrogen) atoms. The number of halogens is 3. The van der Waals surface area contributed by atoms with Gasteiger partial charge in [-0.3, -0.25) is 14.5 Å². The summed E-state index contributed by atoms with van der Waals surface area (Å²) >= 11 is 0. The van der Waals surface area contributed by atoms with Gasteiger partial charge in [-0.1, -0.05) is 37.5 Å². The molecule has 2 heterocycles. The molecule has 1 unspecified atom stereocenters. The number of aromatic nitrogens is 1. The molecule has 0 bridgehead atoms. The number of amides is 2. The molecule has 0 spiro atoms. The first-order valence-electron chi connectivity index (χ1n) is 11.8. The minimum Gasteiger partial charge on any atom is -0.353 e. The van der Waals surface area contributed by atoms with Crippen LogP contribution in [0.1, 0.15) is 60.3 Å². The summed E-state index contributed by atoms with van der Waals surface area (Å²) in [6.07, 6.45) is 1.94. The van der Waals surface area contributed by atoms with Crippen molar-refractivity contribution in [2.75, 3.05) is 18.4 Å². The van der Waals surface area contributed by atoms with Gasteiger partial charge in [0, 0.05) is 24.8 Å². The second-order valence-corrected chi connectivity index (χ2v) is 9.12. The SMILES string of the molecule is O=C(Nc1cccc(CN2CCC(C(=O)NC3CCCCC3)C2)c1)c1cccc(C(F)(F)F)n1. The van der Waals surface area contributed by atoms with Crippen molar-refractivity contribution in [2.24, 2.45) is 5.92 Å². The molecule has 6 nitrogen and oxygen atoms in total. The first-order valence-corrected chi connectivity index (χ1v) is 11.8. The van der Waals surface area contributed by atoms with E-state index in [1.165, 1.54) is 25.3 Å². The number of hydrogen-bond donors (Lipinski definition) is 2. The van der Waals surface area contributed by atoms with Crippen LogP contribution in [0, 0.1) is 5.92 Å². The van der Waals surface area contributed by atoms with Crippen molar-refractivity contribution in [1.82, 2.24) is 15.2 Å². The fraction of sp³-hybridized carbons (Fsp3) is 0.480. The summed E-state index contributed by atoms with van der Waals surface area (Å²) in [6, 6.07) is 10.7. The maximum absolute atomic E-state index is 12.9. The van der Waals surface area contributed by atoms with Crippen LogP contribution >= 0.6 is 0 Å². The van der Waals surface area contributed by atoms with Crippen LogP contribution in [0.25, 0.3) is 0 Å².